The summed E-state index contributed by atoms with van der Waals surface area (Å²) in [5.74, 6) is 2.85. The summed E-state index contributed by atoms with van der Waals surface area (Å²) < 4.78 is 27.2. The molecule has 1 heterocycles. The maximum Gasteiger partial charge on any atom is 0.192 e. The molecule has 3 saturated carbocycles. The van der Waals surface area contributed by atoms with Gasteiger partial charge in [0.05, 0.1) is 30.5 Å². The topological polar surface area (TPSA) is 40.2 Å². The fourth-order valence-electron chi connectivity index (χ4n) is 9.78. The van der Waals surface area contributed by atoms with Gasteiger partial charge in [-0.3, -0.25) is 0 Å². The maximum absolute atomic E-state index is 7.57. The molecule has 5 aliphatic rings. The van der Waals surface area contributed by atoms with Crippen LogP contribution in [0.3, 0.4) is 0 Å². The van der Waals surface area contributed by atoms with Gasteiger partial charge in [-0.1, -0.05) is 67.0 Å². The predicted octanol–water partition coefficient (Wildman–Crippen LogP) is 10.5. The molecule has 0 aromatic rings. The zero-order valence-electron chi connectivity index (χ0n) is 31.5. The molecular formula is C38H70O4Si2. The molecule has 0 aromatic carbocycles. The molecule has 0 amide bonds. The second-order valence-corrected chi connectivity index (χ2v) is 29.4. The van der Waals surface area contributed by atoms with Gasteiger partial charge in [-0.15, -0.1) is 0 Å². The van der Waals surface area contributed by atoms with Crippen LogP contribution in [-0.4, -0.2) is 53.3 Å². The van der Waals surface area contributed by atoms with Gasteiger partial charge in [-0.2, -0.15) is 0 Å². The molecule has 4 aliphatic carbocycles. The Kier molecular flexibility index (Phi) is 9.06. The van der Waals surface area contributed by atoms with Crippen molar-refractivity contribution < 1.29 is 18.3 Å². The summed E-state index contributed by atoms with van der Waals surface area (Å²) in [6.07, 6.45) is 12.4. The summed E-state index contributed by atoms with van der Waals surface area (Å²) >= 11 is 0. The van der Waals surface area contributed by atoms with Crippen LogP contribution in [0.5, 0.6) is 0 Å². The third-order valence-corrected chi connectivity index (χ3v) is 24.0. The van der Waals surface area contributed by atoms with Crippen molar-refractivity contribution in [3.63, 3.8) is 0 Å². The number of allylic oxidation sites excluding steroid dienone is 1. The van der Waals surface area contributed by atoms with Crippen LogP contribution in [0.15, 0.2) is 11.6 Å². The molecule has 4 nitrogen and oxygen atoms in total. The van der Waals surface area contributed by atoms with Gasteiger partial charge in [-0.25, -0.2) is 0 Å². The number of hydrogen-bond donors (Lipinski definition) is 0. The molecule has 0 radical (unpaired) electrons. The van der Waals surface area contributed by atoms with E-state index >= 15 is 0 Å². The molecule has 10 atom stereocenters. The first kappa shape index (κ1) is 35.3. The average molecular weight is 647 g/mol. The minimum Gasteiger partial charge on any atom is -0.414 e. The lowest BCUT2D eigenvalue weighted by atomic mass is 9.46. The largest absolute Gasteiger partial charge is 0.414 e. The first-order valence-corrected chi connectivity index (χ1v) is 24.1. The summed E-state index contributed by atoms with van der Waals surface area (Å²) in [4.78, 5) is 0. The van der Waals surface area contributed by atoms with E-state index in [0.29, 0.717) is 23.4 Å². The molecular weight excluding hydrogens is 577 g/mol. The lowest BCUT2D eigenvalue weighted by molar-refractivity contribution is -0.111. The zero-order chi connectivity index (χ0) is 32.9. The highest BCUT2D eigenvalue weighted by Gasteiger charge is 2.63. The standard InChI is InChI=1S/C38H70O4Si2/c1-25(39-24-33-36(8,9)40-33)29-18-19-30-28-17-16-26-22-27(41-43(12,13)34(2,3)4)23-32(42-44(14,15)35(5,6)7)38(26,11)31(28)20-21-37(29,30)10/h16,25,27-33H,17-24H2,1-15H3/t25-,27-,28+,29-,30+,31+,32+,33?,37-,38+/m1/s1. The van der Waals surface area contributed by atoms with Crippen LogP contribution in [-0.2, 0) is 18.3 Å². The summed E-state index contributed by atoms with van der Waals surface area (Å²) in [7, 11) is -3.87. The molecule has 6 heteroatoms. The normalized spacial score (nSPS) is 41.3. The average Bonchev–Trinajstić information content (AvgIpc) is 3.32. The van der Waals surface area contributed by atoms with Crippen LogP contribution in [0, 0.1) is 34.5 Å². The van der Waals surface area contributed by atoms with Gasteiger partial charge in [0.1, 0.15) is 6.10 Å². The van der Waals surface area contributed by atoms with Crippen molar-refractivity contribution >= 4 is 16.6 Å². The van der Waals surface area contributed by atoms with Crippen LogP contribution in [0.2, 0.25) is 36.3 Å². The summed E-state index contributed by atoms with van der Waals surface area (Å²) in [5.41, 5.74) is 2.13. The third kappa shape index (κ3) is 6.06. The molecule has 1 aliphatic heterocycles. The van der Waals surface area contributed by atoms with E-state index in [9.17, 15) is 0 Å². The molecule has 0 N–H and O–H groups in total. The van der Waals surface area contributed by atoms with E-state index < -0.39 is 16.6 Å². The number of rotatable bonds is 8. The van der Waals surface area contributed by atoms with Gasteiger partial charge < -0.3 is 18.3 Å². The molecule has 0 aromatic heterocycles. The first-order valence-electron chi connectivity index (χ1n) is 18.3. The van der Waals surface area contributed by atoms with E-state index in [-0.39, 0.29) is 39.4 Å². The van der Waals surface area contributed by atoms with Crippen LogP contribution >= 0.6 is 0 Å². The van der Waals surface area contributed by atoms with Gasteiger partial charge in [0.15, 0.2) is 16.6 Å². The van der Waals surface area contributed by atoms with Crippen LogP contribution in [0.4, 0.5) is 0 Å². The smallest absolute Gasteiger partial charge is 0.192 e. The van der Waals surface area contributed by atoms with E-state index in [1.54, 1.807) is 5.57 Å². The Labute approximate surface area is 274 Å². The van der Waals surface area contributed by atoms with E-state index in [1.165, 1.54) is 32.1 Å². The second-order valence-electron chi connectivity index (χ2n) is 19.9. The van der Waals surface area contributed by atoms with Gasteiger partial charge >= 0.3 is 0 Å². The molecule has 44 heavy (non-hydrogen) atoms. The van der Waals surface area contributed by atoms with Gasteiger partial charge in [-0.05, 0) is 131 Å². The molecule has 1 unspecified atom stereocenters. The van der Waals surface area contributed by atoms with Crippen molar-refractivity contribution in [1.82, 2.24) is 0 Å². The van der Waals surface area contributed by atoms with Crippen LogP contribution < -0.4 is 0 Å². The first-order chi connectivity index (χ1) is 19.9. The molecule has 5 rings (SSSR count). The van der Waals surface area contributed by atoms with E-state index in [2.05, 4.69) is 108 Å². The van der Waals surface area contributed by atoms with Crippen LogP contribution in [0.25, 0.3) is 0 Å². The highest BCUT2D eigenvalue weighted by Crippen LogP contribution is 2.67. The summed E-state index contributed by atoms with van der Waals surface area (Å²) in [6.45, 7) is 36.8. The zero-order valence-corrected chi connectivity index (χ0v) is 33.5. The summed E-state index contributed by atoms with van der Waals surface area (Å²) in [5, 5.41) is 0.403. The second kappa shape index (κ2) is 11.3. The lowest BCUT2D eigenvalue weighted by Crippen LogP contribution is -2.60. The van der Waals surface area contributed by atoms with E-state index in [1.807, 2.05) is 0 Å². The van der Waals surface area contributed by atoms with Crippen molar-refractivity contribution in [1.29, 1.82) is 0 Å². The van der Waals surface area contributed by atoms with Crippen molar-refractivity contribution in [2.24, 2.45) is 34.5 Å². The SMILES string of the molecule is C[C@@H](OCC1OC1(C)C)[C@H]1CC[C@H]2[C@@H]3CC=C4C[C@@H](O[Si](C)(C)C(C)(C)C)C[C@H](O[Si](C)(C)C(C)(C)C)[C@]4(C)[C@H]3CC[C@]12C. The van der Waals surface area contributed by atoms with Crippen molar-refractivity contribution in [3.8, 4) is 0 Å². The van der Waals surface area contributed by atoms with Gasteiger partial charge in [0.25, 0.3) is 0 Å². The molecule has 1 saturated heterocycles. The molecule has 254 valence electrons. The minimum absolute atomic E-state index is 0.000764. The Hall–Kier alpha value is 0.0138. The monoisotopic (exact) mass is 646 g/mol. The minimum atomic E-state index is -1.99. The highest BCUT2D eigenvalue weighted by molar-refractivity contribution is 6.74. The van der Waals surface area contributed by atoms with Crippen LogP contribution in [0.1, 0.15) is 121 Å². The van der Waals surface area contributed by atoms with Crippen molar-refractivity contribution in [2.75, 3.05) is 6.61 Å². The molecule has 0 spiro atoms. The third-order valence-electron chi connectivity index (χ3n) is 15.0. The maximum atomic E-state index is 7.57. The predicted molar refractivity (Wildman–Crippen MR) is 189 cm³/mol. The Morgan fingerprint density at radius 3 is 2.05 bits per heavy atom. The van der Waals surface area contributed by atoms with E-state index in [4.69, 9.17) is 18.3 Å². The fourth-order valence-corrected chi connectivity index (χ4v) is 12.6. The van der Waals surface area contributed by atoms with Crippen molar-refractivity contribution in [2.45, 2.75) is 187 Å². The number of ether oxygens (including phenoxy) is 2. The highest BCUT2D eigenvalue weighted by atomic mass is 28.4. The Morgan fingerprint density at radius 1 is 0.886 bits per heavy atom. The number of fused-ring (bicyclic) bond motifs is 5. The Morgan fingerprint density at radius 2 is 1.48 bits per heavy atom. The van der Waals surface area contributed by atoms with Gasteiger partial charge in [0.2, 0.25) is 0 Å². The van der Waals surface area contributed by atoms with Crippen molar-refractivity contribution in [3.05, 3.63) is 11.6 Å². The fraction of sp³-hybridized carbons (Fsp3) is 0.947. The van der Waals surface area contributed by atoms with Gasteiger partial charge in [0, 0.05) is 5.41 Å². The number of hydrogen-bond acceptors (Lipinski definition) is 4. The molecule has 0 bridgehead atoms. The summed E-state index contributed by atoms with van der Waals surface area (Å²) in [6, 6.07) is 0. The quantitative estimate of drug-likeness (QED) is 0.149. The lowest BCUT2D eigenvalue weighted by Gasteiger charge is -2.62. The molecule has 4 fully saturated rings. The number of epoxide rings is 1. The Bertz CT molecular complexity index is 1100. The Balaban J connectivity index is 1.41. The van der Waals surface area contributed by atoms with E-state index in [0.717, 1.165) is 31.3 Å².